The van der Waals surface area contributed by atoms with E-state index in [4.69, 9.17) is 23.7 Å². The summed E-state index contributed by atoms with van der Waals surface area (Å²) in [4.78, 5) is 50.9. The number of aliphatic imine (C=N–C) groups is 1. The Morgan fingerprint density at radius 2 is 1.60 bits per heavy atom. The van der Waals surface area contributed by atoms with E-state index in [0.717, 1.165) is 13.8 Å². The van der Waals surface area contributed by atoms with Gasteiger partial charge in [-0.05, 0) is 33.0 Å². The number of nitrogens with one attached hydrogen (secondary N) is 1. The quantitative estimate of drug-likeness (QED) is 0.273. The van der Waals surface area contributed by atoms with Gasteiger partial charge in [0, 0.05) is 20.8 Å². The number of rotatable bonds is 6. The Balaban J connectivity index is 3.35. The van der Waals surface area contributed by atoms with E-state index in [9.17, 15) is 19.2 Å². The molecule has 1 aliphatic rings. The molecular weight excluding hydrogens is 420 g/mol. The SMILES string of the molecule is CC(=O)OCC1O[C@@H](N=C=S)C(OC(C)=O)C(NC(=O)OC(C)(C)C)[C@@H]1OC(C)=O. The van der Waals surface area contributed by atoms with Crippen molar-refractivity contribution in [2.24, 2.45) is 4.99 Å². The maximum atomic E-state index is 12.4. The van der Waals surface area contributed by atoms with Crippen LogP contribution in [0.2, 0.25) is 0 Å². The lowest BCUT2D eigenvalue weighted by Gasteiger charge is -2.43. The number of esters is 3. The Labute approximate surface area is 179 Å². The summed E-state index contributed by atoms with van der Waals surface area (Å²) < 4.78 is 26.5. The summed E-state index contributed by atoms with van der Waals surface area (Å²) in [6.45, 7) is 8.14. The number of ether oxygens (including phenoxy) is 5. The number of hydrogen-bond acceptors (Lipinski definition) is 11. The molecule has 11 nitrogen and oxygen atoms in total. The normalized spacial score (nSPS) is 25.9. The molecule has 30 heavy (non-hydrogen) atoms. The number of thiocarbonyl (C=S) groups is 1. The highest BCUT2D eigenvalue weighted by atomic mass is 32.1. The number of carbonyl (C=O) groups excluding carboxylic acids is 4. The van der Waals surface area contributed by atoms with Crippen molar-refractivity contribution in [2.75, 3.05) is 6.61 Å². The van der Waals surface area contributed by atoms with E-state index in [0.29, 0.717) is 0 Å². The standard InChI is InChI=1S/C18H26N2O9S/c1-9(21)25-7-12-14(26-10(2)22)13(20-17(24)29-18(4,5)6)15(27-11(3)23)16(28-12)19-8-30/h12-16H,7H2,1-6H3,(H,20,24)/t12?,13?,14-,15?,16-/m1/s1. The number of amides is 1. The minimum atomic E-state index is -1.23. The molecule has 1 fully saturated rings. The van der Waals surface area contributed by atoms with Crippen molar-refractivity contribution in [2.45, 2.75) is 77.7 Å². The van der Waals surface area contributed by atoms with Crippen LogP contribution in [0.15, 0.2) is 4.99 Å². The molecule has 1 saturated heterocycles. The topological polar surface area (TPSA) is 139 Å². The first kappa shape index (κ1) is 25.5. The van der Waals surface area contributed by atoms with Crippen molar-refractivity contribution >= 4 is 41.4 Å². The van der Waals surface area contributed by atoms with Gasteiger partial charge in [-0.1, -0.05) is 0 Å². The predicted molar refractivity (Wildman–Crippen MR) is 105 cm³/mol. The van der Waals surface area contributed by atoms with Gasteiger partial charge in [0.15, 0.2) is 18.4 Å². The molecular formula is C18H26N2O9S. The molecule has 0 spiro atoms. The maximum absolute atomic E-state index is 12.4. The van der Waals surface area contributed by atoms with Crippen LogP contribution < -0.4 is 5.32 Å². The van der Waals surface area contributed by atoms with E-state index < -0.39 is 60.2 Å². The minimum Gasteiger partial charge on any atom is -0.463 e. The Morgan fingerprint density at radius 1 is 1.03 bits per heavy atom. The monoisotopic (exact) mass is 446 g/mol. The lowest BCUT2D eigenvalue weighted by atomic mass is 9.95. The maximum Gasteiger partial charge on any atom is 0.408 e. The van der Waals surface area contributed by atoms with Crippen LogP contribution in [0, 0.1) is 0 Å². The number of hydrogen-bond donors (Lipinski definition) is 1. The molecule has 12 heteroatoms. The molecule has 168 valence electrons. The van der Waals surface area contributed by atoms with E-state index in [-0.39, 0.29) is 6.61 Å². The van der Waals surface area contributed by atoms with E-state index in [1.165, 1.54) is 6.92 Å². The van der Waals surface area contributed by atoms with E-state index in [2.05, 4.69) is 27.7 Å². The molecule has 0 aromatic rings. The van der Waals surface area contributed by atoms with Crippen molar-refractivity contribution in [1.29, 1.82) is 0 Å². The molecule has 1 N–H and O–H groups in total. The zero-order valence-electron chi connectivity index (χ0n) is 17.6. The highest BCUT2D eigenvalue weighted by Crippen LogP contribution is 2.28. The van der Waals surface area contributed by atoms with Gasteiger partial charge in [0.25, 0.3) is 0 Å². The second kappa shape index (κ2) is 11.0. The Kier molecular flexibility index (Phi) is 9.34. The van der Waals surface area contributed by atoms with E-state index in [1.807, 2.05) is 0 Å². The van der Waals surface area contributed by atoms with Crippen LogP contribution in [0.4, 0.5) is 4.79 Å². The zero-order chi connectivity index (χ0) is 23.1. The van der Waals surface area contributed by atoms with Gasteiger partial charge in [0.05, 0.1) is 5.16 Å². The molecule has 0 radical (unpaired) electrons. The average molecular weight is 446 g/mol. The van der Waals surface area contributed by atoms with Crippen LogP contribution in [0.1, 0.15) is 41.5 Å². The van der Waals surface area contributed by atoms with Crippen LogP contribution in [-0.4, -0.2) is 72.0 Å². The predicted octanol–water partition coefficient (Wildman–Crippen LogP) is 1.13. The molecule has 3 unspecified atom stereocenters. The van der Waals surface area contributed by atoms with Gasteiger partial charge >= 0.3 is 24.0 Å². The highest BCUT2D eigenvalue weighted by Gasteiger charge is 2.51. The summed E-state index contributed by atoms with van der Waals surface area (Å²) >= 11 is 4.62. The van der Waals surface area contributed by atoms with Gasteiger partial charge < -0.3 is 29.0 Å². The smallest absolute Gasteiger partial charge is 0.408 e. The lowest BCUT2D eigenvalue weighted by molar-refractivity contribution is -0.218. The third-order valence-corrected chi connectivity index (χ3v) is 3.69. The van der Waals surface area contributed by atoms with Crippen LogP contribution in [0.3, 0.4) is 0 Å². The molecule has 1 aliphatic heterocycles. The second-order valence-electron chi connectivity index (χ2n) is 7.41. The molecule has 0 saturated carbocycles. The fourth-order valence-corrected chi connectivity index (χ4v) is 2.79. The van der Waals surface area contributed by atoms with Crippen molar-refractivity contribution in [3.05, 3.63) is 0 Å². The Morgan fingerprint density at radius 3 is 2.07 bits per heavy atom. The minimum absolute atomic E-state index is 0.323. The first-order chi connectivity index (χ1) is 13.8. The van der Waals surface area contributed by atoms with Gasteiger partial charge in [-0.25, -0.2) is 4.79 Å². The summed E-state index contributed by atoms with van der Waals surface area (Å²) in [6.07, 6.45) is -5.56. The summed E-state index contributed by atoms with van der Waals surface area (Å²) in [5, 5.41) is 4.66. The van der Waals surface area contributed by atoms with Gasteiger partial charge in [-0.15, -0.1) is 0 Å². The summed E-state index contributed by atoms with van der Waals surface area (Å²) in [5.41, 5.74) is -0.827. The molecule has 5 atom stereocenters. The first-order valence-electron chi connectivity index (χ1n) is 9.03. The molecule has 0 aliphatic carbocycles. The van der Waals surface area contributed by atoms with Gasteiger partial charge in [-0.2, -0.15) is 4.99 Å². The van der Waals surface area contributed by atoms with Crippen molar-refractivity contribution in [3.63, 3.8) is 0 Å². The summed E-state index contributed by atoms with van der Waals surface area (Å²) in [5.74, 6) is -2.01. The number of carbonyl (C=O) groups is 4. The molecule has 1 rings (SSSR count). The summed E-state index contributed by atoms with van der Waals surface area (Å²) in [6, 6.07) is -1.15. The molecule has 0 bridgehead atoms. The third-order valence-electron chi connectivity index (χ3n) is 3.59. The van der Waals surface area contributed by atoms with Crippen LogP contribution in [0.5, 0.6) is 0 Å². The zero-order valence-corrected chi connectivity index (χ0v) is 18.4. The molecule has 0 aromatic heterocycles. The van der Waals surface area contributed by atoms with E-state index in [1.54, 1.807) is 20.8 Å². The van der Waals surface area contributed by atoms with Crippen molar-refractivity contribution in [1.82, 2.24) is 5.32 Å². The summed E-state index contributed by atoms with van der Waals surface area (Å²) in [7, 11) is 0. The average Bonchev–Trinajstić information content (AvgIpc) is 2.56. The molecule has 1 heterocycles. The fourth-order valence-electron chi connectivity index (χ4n) is 2.69. The second-order valence-corrected chi connectivity index (χ2v) is 7.59. The van der Waals surface area contributed by atoms with Gasteiger partial charge in [0.2, 0.25) is 0 Å². The Hall–Kier alpha value is -2.56. The lowest BCUT2D eigenvalue weighted by Crippen LogP contribution is -2.66. The number of alkyl carbamates (subject to hydrolysis) is 1. The van der Waals surface area contributed by atoms with E-state index >= 15 is 0 Å². The largest absolute Gasteiger partial charge is 0.463 e. The van der Waals surface area contributed by atoms with Crippen LogP contribution >= 0.6 is 12.2 Å². The molecule has 1 amide bonds. The first-order valence-corrected chi connectivity index (χ1v) is 9.44. The highest BCUT2D eigenvalue weighted by molar-refractivity contribution is 7.78. The van der Waals surface area contributed by atoms with Crippen LogP contribution in [0.25, 0.3) is 0 Å². The fraction of sp³-hybridized carbons (Fsp3) is 0.722. The van der Waals surface area contributed by atoms with Crippen LogP contribution in [-0.2, 0) is 38.1 Å². The molecule has 0 aromatic carbocycles. The third kappa shape index (κ3) is 8.44. The van der Waals surface area contributed by atoms with Crippen molar-refractivity contribution in [3.8, 4) is 0 Å². The van der Waals surface area contributed by atoms with Crippen molar-refractivity contribution < 1.29 is 42.9 Å². The number of nitrogens with zero attached hydrogens (tertiary/aromatic N) is 1. The van der Waals surface area contributed by atoms with Gasteiger partial charge in [-0.3, -0.25) is 14.4 Å². The number of isothiocyanates is 1. The Bertz CT molecular complexity index is 715. The van der Waals surface area contributed by atoms with Gasteiger partial charge in [0.1, 0.15) is 24.4 Å².